The molecule has 0 bridgehead atoms. The standard InChI is InChI=1S/C24H52O3Si.C2H6O/c1-5-9-10-11-12-13-14-15-16-17-18-19-20-21-22-23-24-28(25-6-2,26-7-3)27-8-4;1-2-3/h5-24H2,1-4H3;3H,2H2,1H3. The van der Waals surface area contributed by atoms with E-state index in [2.05, 4.69) is 6.92 Å². The highest BCUT2D eigenvalue weighted by Crippen LogP contribution is 2.21. The van der Waals surface area contributed by atoms with Crippen molar-refractivity contribution in [2.75, 3.05) is 26.4 Å². The van der Waals surface area contributed by atoms with Gasteiger partial charge in [0.1, 0.15) is 0 Å². The van der Waals surface area contributed by atoms with Crippen LogP contribution in [0.3, 0.4) is 0 Å². The van der Waals surface area contributed by atoms with Gasteiger partial charge in [-0.2, -0.15) is 0 Å². The average Bonchev–Trinajstić information content (AvgIpc) is 2.74. The van der Waals surface area contributed by atoms with Gasteiger partial charge in [-0.1, -0.05) is 103 Å². The number of aliphatic hydroxyl groups is 1. The lowest BCUT2D eigenvalue weighted by Gasteiger charge is -2.28. The lowest BCUT2D eigenvalue weighted by molar-refractivity contribution is 0.0706. The predicted molar refractivity (Wildman–Crippen MR) is 138 cm³/mol. The SMILES string of the molecule is CCCCCCCCCCCCCCCCCC[Si](OCC)(OCC)OCC.CCO. The van der Waals surface area contributed by atoms with Crippen LogP contribution in [0.4, 0.5) is 0 Å². The fourth-order valence-electron chi connectivity index (χ4n) is 3.89. The third-order valence-electron chi connectivity index (χ3n) is 5.43. The van der Waals surface area contributed by atoms with Gasteiger partial charge in [0.05, 0.1) is 0 Å². The van der Waals surface area contributed by atoms with E-state index in [0.717, 1.165) is 6.04 Å². The lowest BCUT2D eigenvalue weighted by Crippen LogP contribution is -2.45. The van der Waals surface area contributed by atoms with Gasteiger partial charge in [0.2, 0.25) is 0 Å². The largest absolute Gasteiger partial charge is 0.500 e. The average molecular weight is 463 g/mol. The second-order valence-electron chi connectivity index (χ2n) is 8.35. The molecule has 0 spiro atoms. The summed E-state index contributed by atoms with van der Waals surface area (Å²) in [5, 5.41) is 7.57. The molecule has 0 radical (unpaired) electrons. The normalized spacial score (nSPS) is 11.4. The molecule has 0 aromatic rings. The highest BCUT2D eigenvalue weighted by Gasteiger charge is 2.39. The van der Waals surface area contributed by atoms with Crippen LogP contribution in [0.2, 0.25) is 6.04 Å². The molecular formula is C26H58O4Si. The molecule has 0 unspecified atom stereocenters. The van der Waals surface area contributed by atoms with E-state index in [4.69, 9.17) is 18.4 Å². The van der Waals surface area contributed by atoms with E-state index < -0.39 is 8.80 Å². The van der Waals surface area contributed by atoms with Gasteiger partial charge in [-0.05, 0) is 34.1 Å². The monoisotopic (exact) mass is 462 g/mol. The Hall–Kier alpha value is 0.0569. The van der Waals surface area contributed by atoms with E-state index >= 15 is 0 Å². The Kier molecular flexibility index (Phi) is 30.1. The molecule has 0 heterocycles. The molecule has 0 saturated carbocycles. The number of hydrogen-bond donors (Lipinski definition) is 1. The summed E-state index contributed by atoms with van der Waals surface area (Å²) in [5.74, 6) is 0. The second-order valence-corrected chi connectivity index (χ2v) is 11.1. The number of rotatable bonds is 23. The van der Waals surface area contributed by atoms with E-state index in [1.165, 1.54) is 103 Å². The van der Waals surface area contributed by atoms with Crippen LogP contribution in [0.25, 0.3) is 0 Å². The topological polar surface area (TPSA) is 47.9 Å². The summed E-state index contributed by atoms with van der Waals surface area (Å²) in [4.78, 5) is 0. The summed E-state index contributed by atoms with van der Waals surface area (Å²) in [7, 11) is -2.40. The Morgan fingerprint density at radius 1 is 0.452 bits per heavy atom. The van der Waals surface area contributed by atoms with Crippen LogP contribution in [-0.4, -0.2) is 40.3 Å². The summed E-state index contributed by atoms with van der Waals surface area (Å²) < 4.78 is 17.8. The molecule has 4 nitrogen and oxygen atoms in total. The highest BCUT2D eigenvalue weighted by atomic mass is 28.4. The fraction of sp³-hybridized carbons (Fsp3) is 1.00. The van der Waals surface area contributed by atoms with E-state index in [9.17, 15) is 0 Å². The van der Waals surface area contributed by atoms with Crippen LogP contribution >= 0.6 is 0 Å². The first-order valence-corrected chi connectivity index (χ1v) is 15.6. The molecule has 0 rings (SSSR count). The van der Waals surface area contributed by atoms with Gasteiger partial charge in [0.15, 0.2) is 0 Å². The van der Waals surface area contributed by atoms with Gasteiger partial charge in [-0.25, -0.2) is 0 Å². The van der Waals surface area contributed by atoms with Crippen molar-refractivity contribution in [2.24, 2.45) is 0 Å². The molecule has 0 aliphatic rings. The Morgan fingerprint density at radius 2 is 0.710 bits per heavy atom. The van der Waals surface area contributed by atoms with Crippen LogP contribution in [0.15, 0.2) is 0 Å². The Labute approximate surface area is 197 Å². The van der Waals surface area contributed by atoms with Crippen LogP contribution in [0, 0.1) is 0 Å². The maximum atomic E-state index is 7.57. The molecule has 0 aliphatic heterocycles. The van der Waals surface area contributed by atoms with Crippen LogP contribution in [0.1, 0.15) is 137 Å². The zero-order valence-electron chi connectivity index (χ0n) is 22.0. The number of aliphatic hydroxyl groups excluding tert-OH is 1. The first kappa shape index (κ1) is 33.2. The summed E-state index contributed by atoms with van der Waals surface area (Å²) >= 11 is 0. The first-order valence-electron chi connectivity index (χ1n) is 13.7. The van der Waals surface area contributed by atoms with E-state index in [1.807, 2.05) is 20.8 Å². The first-order chi connectivity index (χ1) is 15.2. The van der Waals surface area contributed by atoms with Gasteiger partial charge in [0, 0.05) is 32.5 Å². The van der Waals surface area contributed by atoms with Gasteiger partial charge in [-0.15, -0.1) is 0 Å². The lowest BCUT2D eigenvalue weighted by atomic mass is 10.0. The molecule has 5 heteroatoms. The minimum absolute atomic E-state index is 0.250. The van der Waals surface area contributed by atoms with Crippen LogP contribution in [0.5, 0.6) is 0 Å². The molecule has 0 atom stereocenters. The van der Waals surface area contributed by atoms with E-state index in [-0.39, 0.29) is 6.61 Å². The van der Waals surface area contributed by atoms with Crippen molar-refractivity contribution < 1.29 is 18.4 Å². The molecule has 190 valence electrons. The van der Waals surface area contributed by atoms with Crippen molar-refractivity contribution in [3.63, 3.8) is 0 Å². The Morgan fingerprint density at radius 3 is 0.968 bits per heavy atom. The van der Waals surface area contributed by atoms with Gasteiger partial charge in [0.25, 0.3) is 0 Å². The molecule has 0 amide bonds. The number of unbranched alkanes of at least 4 members (excludes halogenated alkanes) is 15. The fourth-order valence-corrected chi connectivity index (χ4v) is 6.58. The van der Waals surface area contributed by atoms with Gasteiger partial charge >= 0.3 is 8.80 Å². The van der Waals surface area contributed by atoms with E-state index in [1.54, 1.807) is 6.92 Å². The third kappa shape index (κ3) is 24.5. The number of hydrogen-bond acceptors (Lipinski definition) is 4. The molecule has 0 aromatic heterocycles. The van der Waals surface area contributed by atoms with Crippen molar-refractivity contribution in [1.82, 2.24) is 0 Å². The third-order valence-corrected chi connectivity index (χ3v) is 8.58. The zero-order chi connectivity index (χ0) is 23.5. The summed E-state index contributed by atoms with van der Waals surface area (Å²) in [5.41, 5.74) is 0. The van der Waals surface area contributed by atoms with Crippen molar-refractivity contribution in [2.45, 2.75) is 143 Å². The molecule has 0 aliphatic carbocycles. The maximum Gasteiger partial charge on any atom is 0.500 e. The minimum atomic E-state index is -2.40. The molecular weight excluding hydrogens is 404 g/mol. The molecule has 31 heavy (non-hydrogen) atoms. The molecule has 1 N–H and O–H groups in total. The summed E-state index contributed by atoms with van der Waals surface area (Å²) in [6, 6.07) is 0.973. The van der Waals surface area contributed by atoms with Crippen molar-refractivity contribution in [3.8, 4) is 0 Å². The molecule has 0 fully saturated rings. The predicted octanol–water partition coefficient (Wildman–Crippen LogP) is 8.29. The minimum Gasteiger partial charge on any atom is -0.397 e. The maximum absolute atomic E-state index is 7.57. The van der Waals surface area contributed by atoms with Crippen LogP contribution < -0.4 is 0 Å². The summed E-state index contributed by atoms with van der Waals surface area (Å²) in [6.07, 6.45) is 22.4. The van der Waals surface area contributed by atoms with E-state index in [0.29, 0.717) is 19.8 Å². The van der Waals surface area contributed by atoms with Crippen molar-refractivity contribution >= 4 is 8.80 Å². The van der Waals surface area contributed by atoms with Crippen molar-refractivity contribution in [3.05, 3.63) is 0 Å². The molecule has 0 aromatic carbocycles. The summed E-state index contributed by atoms with van der Waals surface area (Å²) in [6.45, 7) is 12.4. The van der Waals surface area contributed by atoms with Crippen LogP contribution in [-0.2, 0) is 13.3 Å². The smallest absolute Gasteiger partial charge is 0.397 e. The molecule has 0 saturated heterocycles. The highest BCUT2D eigenvalue weighted by molar-refractivity contribution is 6.60. The Balaban J connectivity index is 0. The van der Waals surface area contributed by atoms with Gasteiger partial charge < -0.3 is 18.4 Å². The quantitative estimate of drug-likeness (QED) is 0.122. The van der Waals surface area contributed by atoms with Crippen molar-refractivity contribution in [1.29, 1.82) is 0 Å². The van der Waals surface area contributed by atoms with Gasteiger partial charge in [-0.3, -0.25) is 0 Å². The Bertz CT molecular complexity index is 299. The zero-order valence-corrected chi connectivity index (χ0v) is 23.0. The second kappa shape index (κ2) is 28.1.